The van der Waals surface area contributed by atoms with Gasteiger partial charge in [0.1, 0.15) is 29.4 Å². The standard InChI is InChI=1S/C17H18F5N3O3/c1-8(2)12(24-16(28)17(20,21)22)14(26)23-11-6-7-25(15(11)27)13-9(18)4-3-5-10(13)19/h3-5,8,11-12H,6-7H2,1-2H3,(H,23,26)(H,24,28)/t11-,12-/m0/s1. The molecule has 1 aliphatic rings. The van der Waals surface area contributed by atoms with Crippen molar-refractivity contribution < 1.29 is 36.3 Å². The molecule has 1 heterocycles. The Morgan fingerprint density at radius 2 is 1.75 bits per heavy atom. The first-order chi connectivity index (χ1) is 12.9. The van der Waals surface area contributed by atoms with Crippen LogP contribution in [0.3, 0.4) is 0 Å². The van der Waals surface area contributed by atoms with Gasteiger partial charge in [-0.05, 0) is 24.5 Å². The van der Waals surface area contributed by atoms with Crippen LogP contribution in [0.5, 0.6) is 0 Å². The molecule has 6 nitrogen and oxygen atoms in total. The summed E-state index contributed by atoms with van der Waals surface area (Å²) in [6, 6.07) is 0.347. The Labute approximate surface area is 157 Å². The summed E-state index contributed by atoms with van der Waals surface area (Å²) in [5.74, 6) is -6.71. The molecule has 1 aromatic carbocycles. The van der Waals surface area contributed by atoms with Gasteiger partial charge in [0, 0.05) is 6.54 Å². The summed E-state index contributed by atoms with van der Waals surface area (Å²) in [5, 5.41) is 3.83. The van der Waals surface area contributed by atoms with Crippen LogP contribution >= 0.6 is 0 Å². The fourth-order valence-corrected chi connectivity index (χ4v) is 2.80. The van der Waals surface area contributed by atoms with Crippen molar-refractivity contribution in [2.75, 3.05) is 11.4 Å². The van der Waals surface area contributed by atoms with Crippen LogP contribution in [0.25, 0.3) is 0 Å². The van der Waals surface area contributed by atoms with Gasteiger partial charge in [0.05, 0.1) is 0 Å². The average Bonchev–Trinajstić information content (AvgIpc) is 2.92. The van der Waals surface area contributed by atoms with Crippen LogP contribution in [0.1, 0.15) is 20.3 Å². The summed E-state index contributed by atoms with van der Waals surface area (Å²) in [5.41, 5.74) is -0.560. The van der Waals surface area contributed by atoms with E-state index in [0.717, 1.165) is 23.1 Å². The number of halogens is 5. The zero-order chi connectivity index (χ0) is 21.2. The number of hydrogen-bond acceptors (Lipinski definition) is 3. The molecule has 1 fully saturated rings. The van der Waals surface area contributed by atoms with E-state index in [1.54, 1.807) is 5.32 Å². The highest BCUT2D eigenvalue weighted by molar-refractivity contribution is 6.02. The molecule has 28 heavy (non-hydrogen) atoms. The van der Waals surface area contributed by atoms with E-state index in [0.29, 0.717) is 0 Å². The lowest BCUT2D eigenvalue weighted by atomic mass is 10.0. The number of alkyl halides is 3. The van der Waals surface area contributed by atoms with Crippen molar-refractivity contribution >= 4 is 23.4 Å². The molecule has 1 aromatic rings. The normalized spacial score (nSPS) is 18.4. The molecule has 2 rings (SSSR count). The maximum atomic E-state index is 13.9. The number of anilines is 1. The third kappa shape index (κ3) is 4.57. The topological polar surface area (TPSA) is 78.5 Å². The van der Waals surface area contributed by atoms with E-state index < -0.39 is 59.2 Å². The summed E-state index contributed by atoms with van der Waals surface area (Å²) in [7, 11) is 0. The number of benzene rings is 1. The van der Waals surface area contributed by atoms with Crippen LogP contribution in [-0.4, -0.2) is 42.5 Å². The predicted octanol–water partition coefficient (Wildman–Crippen LogP) is 1.89. The predicted molar refractivity (Wildman–Crippen MR) is 88.1 cm³/mol. The highest BCUT2D eigenvalue weighted by atomic mass is 19.4. The minimum atomic E-state index is -5.17. The van der Waals surface area contributed by atoms with Crippen LogP contribution in [0.2, 0.25) is 0 Å². The second kappa shape index (κ2) is 8.11. The van der Waals surface area contributed by atoms with Gasteiger partial charge in [0.2, 0.25) is 11.8 Å². The molecule has 11 heteroatoms. The van der Waals surface area contributed by atoms with Gasteiger partial charge in [-0.1, -0.05) is 19.9 Å². The molecule has 2 N–H and O–H groups in total. The molecule has 154 valence electrons. The number of carbonyl (C=O) groups is 3. The average molecular weight is 407 g/mol. The van der Waals surface area contributed by atoms with Crippen molar-refractivity contribution in [2.24, 2.45) is 5.92 Å². The van der Waals surface area contributed by atoms with Crippen LogP contribution in [-0.2, 0) is 14.4 Å². The number of nitrogens with zero attached hydrogens (tertiary/aromatic N) is 1. The lowest BCUT2D eigenvalue weighted by Gasteiger charge is -2.24. The van der Waals surface area contributed by atoms with Gasteiger partial charge in [0.25, 0.3) is 0 Å². The first-order valence-corrected chi connectivity index (χ1v) is 8.37. The molecule has 0 radical (unpaired) electrons. The SMILES string of the molecule is CC(C)[C@H](NC(=O)C(F)(F)F)C(=O)N[C@H]1CCN(c2c(F)cccc2F)C1=O. The molecular weight excluding hydrogens is 389 g/mol. The fourth-order valence-electron chi connectivity index (χ4n) is 2.80. The molecule has 0 spiro atoms. The van der Waals surface area contributed by atoms with Gasteiger partial charge in [-0.2, -0.15) is 13.2 Å². The molecule has 0 unspecified atom stereocenters. The summed E-state index contributed by atoms with van der Waals surface area (Å²) < 4.78 is 65.1. The first-order valence-electron chi connectivity index (χ1n) is 8.37. The van der Waals surface area contributed by atoms with Crippen molar-refractivity contribution in [1.29, 1.82) is 0 Å². The molecular formula is C17H18F5N3O3. The van der Waals surface area contributed by atoms with Crippen molar-refractivity contribution in [3.63, 3.8) is 0 Å². The van der Waals surface area contributed by atoms with Crippen molar-refractivity contribution in [3.8, 4) is 0 Å². The van der Waals surface area contributed by atoms with Gasteiger partial charge in [-0.3, -0.25) is 14.4 Å². The van der Waals surface area contributed by atoms with Crippen LogP contribution in [0, 0.1) is 17.6 Å². The third-order valence-corrected chi connectivity index (χ3v) is 4.22. The third-order valence-electron chi connectivity index (χ3n) is 4.22. The number of amides is 3. The Morgan fingerprint density at radius 3 is 2.25 bits per heavy atom. The minimum absolute atomic E-state index is 0.00359. The zero-order valence-electron chi connectivity index (χ0n) is 14.9. The Balaban J connectivity index is 2.11. The van der Waals surface area contributed by atoms with E-state index in [4.69, 9.17) is 0 Å². The van der Waals surface area contributed by atoms with Crippen molar-refractivity contribution in [3.05, 3.63) is 29.8 Å². The van der Waals surface area contributed by atoms with Gasteiger partial charge in [0.15, 0.2) is 0 Å². The van der Waals surface area contributed by atoms with Crippen molar-refractivity contribution in [2.45, 2.75) is 38.5 Å². The van der Waals surface area contributed by atoms with Crippen LogP contribution in [0.4, 0.5) is 27.6 Å². The molecule has 1 saturated heterocycles. The molecule has 0 saturated carbocycles. The highest BCUT2D eigenvalue weighted by Gasteiger charge is 2.42. The highest BCUT2D eigenvalue weighted by Crippen LogP contribution is 2.27. The van der Waals surface area contributed by atoms with E-state index in [9.17, 15) is 36.3 Å². The Hall–Kier alpha value is -2.72. The second-order valence-corrected chi connectivity index (χ2v) is 6.60. The Morgan fingerprint density at radius 1 is 1.18 bits per heavy atom. The van der Waals surface area contributed by atoms with Gasteiger partial charge < -0.3 is 15.5 Å². The van der Waals surface area contributed by atoms with E-state index in [2.05, 4.69) is 5.32 Å². The molecule has 1 aliphatic heterocycles. The zero-order valence-corrected chi connectivity index (χ0v) is 14.9. The number of rotatable bonds is 5. The number of para-hydroxylation sites is 1. The Kier molecular flexibility index (Phi) is 6.25. The molecule has 0 bridgehead atoms. The largest absolute Gasteiger partial charge is 0.471 e. The van der Waals surface area contributed by atoms with Crippen LogP contribution in [0.15, 0.2) is 18.2 Å². The van der Waals surface area contributed by atoms with E-state index in [1.165, 1.54) is 13.8 Å². The maximum Gasteiger partial charge on any atom is 0.471 e. The van der Waals surface area contributed by atoms with Crippen molar-refractivity contribution in [1.82, 2.24) is 10.6 Å². The molecule has 2 atom stereocenters. The van der Waals surface area contributed by atoms with E-state index >= 15 is 0 Å². The van der Waals surface area contributed by atoms with E-state index in [1.807, 2.05) is 0 Å². The number of nitrogens with one attached hydrogen (secondary N) is 2. The molecule has 3 amide bonds. The van der Waals surface area contributed by atoms with Crippen LogP contribution < -0.4 is 15.5 Å². The summed E-state index contributed by atoms with van der Waals surface area (Å²) >= 11 is 0. The smallest absolute Gasteiger partial charge is 0.342 e. The lowest BCUT2D eigenvalue weighted by molar-refractivity contribution is -0.175. The maximum absolute atomic E-state index is 13.9. The minimum Gasteiger partial charge on any atom is -0.342 e. The monoisotopic (exact) mass is 407 g/mol. The van der Waals surface area contributed by atoms with Gasteiger partial charge in [-0.25, -0.2) is 8.78 Å². The fraction of sp³-hybridized carbons (Fsp3) is 0.471. The number of hydrogen-bond donors (Lipinski definition) is 2. The molecule has 0 aromatic heterocycles. The lowest BCUT2D eigenvalue weighted by Crippen LogP contribution is -2.55. The van der Waals surface area contributed by atoms with Gasteiger partial charge >= 0.3 is 12.1 Å². The number of carbonyl (C=O) groups excluding carboxylic acids is 3. The van der Waals surface area contributed by atoms with E-state index in [-0.39, 0.29) is 13.0 Å². The quantitative estimate of drug-likeness (QED) is 0.732. The second-order valence-electron chi connectivity index (χ2n) is 6.60. The Bertz CT molecular complexity index is 762. The molecule has 0 aliphatic carbocycles. The summed E-state index contributed by atoms with van der Waals surface area (Å²) in [6.07, 6.45) is -5.17. The summed E-state index contributed by atoms with van der Waals surface area (Å²) in [6.45, 7) is 2.74. The first kappa shape index (κ1) is 21.6. The van der Waals surface area contributed by atoms with Gasteiger partial charge in [-0.15, -0.1) is 0 Å². The summed E-state index contributed by atoms with van der Waals surface area (Å²) in [4.78, 5) is 36.7.